The number of rotatable bonds is 5. The number of anilines is 1. The number of nitrogens with one attached hydrogen (secondary N) is 2. The summed E-state index contributed by atoms with van der Waals surface area (Å²) < 4.78 is 40.6. The van der Waals surface area contributed by atoms with Crippen LogP contribution >= 0.6 is 12.4 Å². The Morgan fingerprint density at radius 1 is 1.21 bits per heavy atom. The summed E-state index contributed by atoms with van der Waals surface area (Å²) in [6.07, 6.45) is 3.65. The predicted octanol–water partition coefficient (Wildman–Crippen LogP) is 1.75. The fourth-order valence-electron chi connectivity index (χ4n) is 2.77. The highest BCUT2D eigenvalue weighted by Gasteiger charge is 2.31. The molecule has 2 aliphatic rings. The molecule has 1 aromatic rings. The van der Waals surface area contributed by atoms with Gasteiger partial charge in [-0.3, -0.25) is 4.79 Å². The highest BCUT2D eigenvalue weighted by Crippen LogP contribution is 2.27. The standard InChI is InChI=1S/C15H20FN3O3S.ClH/c16-13-6-5-12(18-15(20)9-1-2-10(17)7-9)8-14(13)23(21,22)19-11-3-4-11;/h5-6,8-11,19H,1-4,7,17H2,(H,18,20);1H. The highest BCUT2D eigenvalue weighted by atomic mass is 35.5. The van der Waals surface area contributed by atoms with Gasteiger partial charge in [0.05, 0.1) is 0 Å². The van der Waals surface area contributed by atoms with Gasteiger partial charge in [0, 0.05) is 23.7 Å². The molecule has 2 unspecified atom stereocenters. The van der Waals surface area contributed by atoms with Crippen LogP contribution in [-0.4, -0.2) is 26.4 Å². The zero-order chi connectivity index (χ0) is 16.6. The minimum absolute atomic E-state index is 0. The maximum atomic E-state index is 13.9. The van der Waals surface area contributed by atoms with Crippen LogP contribution in [0.1, 0.15) is 32.1 Å². The molecule has 0 aliphatic heterocycles. The largest absolute Gasteiger partial charge is 0.328 e. The molecular formula is C15H21ClFN3O3S. The first-order valence-corrected chi connectivity index (χ1v) is 9.22. The number of sulfonamides is 1. The van der Waals surface area contributed by atoms with Gasteiger partial charge in [0.2, 0.25) is 15.9 Å². The first-order valence-electron chi connectivity index (χ1n) is 7.73. The number of carbonyl (C=O) groups is 1. The second kappa shape index (κ2) is 7.35. The number of amides is 1. The fourth-order valence-corrected chi connectivity index (χ4v) is 4.18. The molecule has 0 saturated heterocycles. The molecule has 6 nitrogen and oxygen atoms in total. The van der Waals surface area contributed by atoms with E-state index >= 15 is 0 Å². The lowest BCUT2D eigenvalue weighted by atomic mass is 10.1. The first kappa shape index (κ1) is 19.1. The van der Waals surface area contributed by atoms with E-state index in [1.165, 1.54) is 6.07 Å². The van der Waals surface area contributed by atoms with Crippen molar-refractivity contribution in [2.45, 2.75) is 49.1 Å². The van der Waals surface area contributed by atoms with Crippen molar-refractivity contribution in [1.82, 2.24) is 4.72 Å². The van der Waals surface area contributed by atoms with Crippen LogP contribution in [0.25, 0.3) is 0 Å². The van der Waals surface area contributed by atoms with Crippen LogP contribution < -0.4 is 15.8 Å². The normalized spacial score (nSPS) is 23.6. The molecule has 1 aromatic carbocycles. The Bertz CT molecular complexity index is 725. The summed E-state index contributed by atoms with van der Waals surface area (Å²) in [5.74, 6) is -1.22. The third-order valence-electron chi connectivity index (χ3n) is 4.23. The Morgan fingerprint density at radius 2 is 1.92 bits per heavy atom. The van der Waals surface area contributed by atoms with Crippen LogP contribution in [0.15, 0.2) is 23.1 Å². The lowest BCUT2D eigenvalue weighted by Crippen LogP contribution is -2.27. The van der Waals surface area contributed by atoms with Crippen molar-refractivity contribution in [3.8, 4) is 0 Å². The maximum Gasteiger partial charge on any atom is 0.243 e. The van der Waals surface area contributed by atoms with E-state index in [4.69, 9.17) is 5.73 Å². The highest BCUT2D eigenvalue weighted by molar-refractivity contribution is 7.89. The van der Waals surface area contributed by atoms with E-state index < -0.39 is 20.7 Å². The average molecular weight is 378 g/mol. The Morgan fingerprint density at radius 3 is 2.50 bits per heavy atom. The van der Waals surface area contributed by atoms with Gasteiger partial charge in [-0.2, -0.15) is 0 Å². The Hall–Kier alpha value is -1.22. The van der Waals surface area contributed by atoms with Crippen molar-refractivity contribution < 1.29 is 17.6 Å². The van der Waals surface area contributed by atoms with Crippen molar-refractivity contribution >= 4 is 34.0 Å². The summed E-state index contributed by atoms with van der Waals surface area (Å²) in [6.45, 7) is 0. The average Bonchev–Trinajstić information content (AvgIpc) is 3.17. The number of nitrogens with two attached hydrogens (primary N) is 1. The molecule has 2 atom stereocenters. The molecule has 2 saturated carbocycles. The molecule has 0 bridgehead atoms. The summed E-state index contributed by atoms with van der Waals surface area (Å²) in [5.41, 5.74) is 6.06. The monoisotopic (exact) mass is 377 g/mol. The summed E-state index contributed by atoms with van der Waals surface area (Å²) >= 11 is 0. The van der Waals surface area contributed by atoms with Gasteiger partial charge in [0.25, 0.3) is 0 Å². The zero-order valence-corrected chi connectivity index (χ0v) is 14.6. The fraction of sp³-hybridized carbons (Fsp3) is 0.533. The van der Waals surface area contributed by atoms with Gasteiger partial charge >= 0.3 is 0 Å². The van der Waals surface area contributed by atoms with E-state index in [-0.39, 0.29) is 42.0 Å². The van der Waals surface area contributed by atoms with Crippen LogP contribution in [0.5, 0.6) is 0 Å². The number of hydrogen-bond acceptors (Lipinski definition) is 4. The van der Waals surface area contributed by atoms with Crippen molar-refractivity contribution in [2.75, 3.05) is 5.32 Å². The van der Waals surface area contributed by atoms with E-state index in [0.717, 1.165) is 31.4 Å². The molecule has 9 heteroatoms. The molecule has 4 N–H and O–H groups in total. The zero-order valence-electron chi connectivity index (χ0n) is 13.0. The Balaban J connectivity index is 0.00000208. The molecule has 2 aliphatic carbocycles. The molecule has 0 radical (unpaired) electrons. The van der Waals surface area contributed by atoms with Gasteiger partial charge in [0.1, 0.15) is 10.7 Å². The summed E-state index contributed by atoms with van der Waals surface area (Å²) in [5, 5.41) is 2.66. The van der Waals surface area contributed by atoms with E-state index in [2.05, 4.69) is 10.0 Å². The number of benzene rings is 1. The molecule has 3 rings (SSSR count). The van der Waals surface area contributed by atoms with E-state index in [1.807, 2.05) is 0 Å². The third-order valence-corrected chi connectivity index (χ3v) is 5.77. The second-order valence-electron chi connectivity index (χ2n) is 6.30. The van der Waals surface area contributed by atoms with Gasteiger partial charge in [0.15, 0.2) is 0 Å². The number of halogens is 2. The van der Waals surface area contributed by atoms with Crippen molar-refractivity contribution in [2.24, 2.45) is 11.7 Å². The smallest absolute Gasteiger partial charge is 0.243 e. The van der Waals surface area contributed by atoms with Gasteiger partial charge in [-0.1, -0.05) is 0 Å². The van der Waals surface area contributed by atoms with Crippen molar-refractivity contribution in [3.05, 3.63) is 24.0 Å². The summed E-state index contributed by atoms with van der Waals surface area (Å²) in [6, 6.07) is 3.48. The number of hydrogen-bond donors (Lipinski definition) is 3. The molecule has 0 spiro atoms. The molecule has 2 fully saturated rings. The first-order chi connectivity index (χ1) is 10.8. The van der Waals surface area contributed by atoms with Gasteiger partial charge < -0.3 is 11.1 Å². The molecule has 24 heavy (non-hydrogen) atoms. The maximum absolute atomic E-state index is 13.9. The minimum atomic E-state index is -3.91. The quantitative estimate of drug-likeness (QED) is 0.727. The Kier molecular flexibility index (Phi) is 5.85. The van der Waals surface area contributed by atoms with Gasteiger partial charge in [-0.05, 0) is 50.3 Å². The predicted molar refractivity (Wildman–Crippen MR) is 90.9 cm³/mol. The van der Waals surface area contributed by atoms with E-state index in [9.17, 15) is 17.6 Å². The Labute approximate surface area is 146 Å². The van der Waals surface area contributed by atoms with Crippen LogP contribution in [0, 0.1) is 11.7 Å². The summed E-state index contributed by atoms with van der Waals surface area (Å²) in [4.78, 5) is 11.7. The second-order valence-corrected chi connectivity index (χ2v) is 7.98. The van der Waals surface area contributed by atoms with Crippen LogP contribution in [-0.2, 0) is 14.8 Å². The van der Waals surface area contributed by atoms with Gasteiger partial charge in [-0.25, -0.2) is 17.5 Å². The number of carbonyl (C=O) groups excluding carboxylic acids is 1. The van der Waals surface area contributed by atoms with Crippen molar-refractivity contribution in [1.29, 1.82) is 0 Å². The molecule has 134 valence electrons. The van der Waals surface area contributed by atoms with Crippen LogP contribution in [0.3, 0.4) is 0 Å². The van der Waals surface area contributed by atoms with E-state index in [1.54, 1.807) is 0 Å². The third kappa shape index (κ3) is 4.44. The van der Waals surface area contributed by atoms with Crippen LogP contribution in [0.2, 0.25) is 0 Å². The molecular weight excluding hydrogens is 357 g/mol. The molecule has 0 heterocycles. The lowest BCUT2D eigenvalue weighted by Gasteiger charge is -2.13. The molecule has 0 aromatic heterocycles. The van der Waals surface area contributed by atoms with Crippen molar-refractivity contribution in [3.63, 3.8) is 0 Å². The van der Waals surface area contributed by atoms with E-state index in [0.29, 0.717) is 12.8 Å². The topological polar surface area (TPSA) is 101 Å². The van der Waals surface area contributed by atoms with Crippen LogP contribution in [0.4, 0.5) is 10.1 Å². The summed E-state index contributed by atoms with van der Waals surface area (Å²) in [7, 11) is -3.91. The lowest BCUT2D eigenvalue weighted by molar-refractivity contribution is -0.119. The molecule has 1 amide bonds. The minimum Gasteiger partial charge on any atom is -0.328 e. The van der Waals surface area contributed by atoms with Gasteiger partial charge in [-0.15, -0.1) is 12.4 Å². The SMILES string of the molecule is Cl.NC1CCC(C(=O)Nc2ccc(F)c(S(=O)(=O)NC3CC3)c2)C1.